The Morgan fingerprint density at radius 2 is 1.94 bits per heavy atom. The third-order valence-corrected chi connectivity index (χ3v) is 3.76. The summed E-state index contributed by atoms with van der Waals surface area (Å²) in [6.45, 7) is 5.52. The molecule has 3 nitrogen and oxygen atoms in total. The lowest BCUT2D eigenvalue weighted by Gasteiger charge is -2.17. The SMILES string of the molecule is Cc1ccc2nc(CN3CCCCCC3)[nH]c2c1. The zero-order chi connectivity index (χ0) is 12.4. The van der Waals surface area contributed by atoms with Crippen LogP contribution in [0.1, 0.15) is 37.1 Å². The summed E-state index contributed by atoms with van der Waals surface area (Å²) in [5, 5.41) is 0. The summed E-state index contributed by atoms with van der Waals surface area (Å²) >= 11 is 0. The summed E-state index contributed by atoms with van der Waals surface area (Å²) in [5.74, 6) is 1.11. The molecule has 0 aliphatic carbocycles. The van der Waals surface area contributed by atoms with Crippen LogP contribution >= 0.6 is 0 Å². The molecule has 1 aliphatic rings. The van der Waals surface area contributed by atoms with E-state index in [-0.39, 0.29) is 0 Å². The van der Waals surface area contributed by atoms with Gasteiger partial charge in [-0.25, -0.2) is 4.98 Å². The summed E-state index contributed by atoms with van der Waals surface area (Å²) < 4.78 is 0. The Kier molecular flexibility index (Phi) is 3.33. The minimum atomic E-state index is 0.966. The maximum absolute atomic E-state index is 4.68. The van der Waals surface area contributed by atoms with Crippen molar-refractivity contribution in [3.8, 4) is 0 Å². The zero-order valence-corrected chi connectivity index (χ0v) is 11.1. The monoisotopic (exact) mass is 243 g/mol. The number of nitrogens with one attached hydrogen (secondary N) is 1. The molecule has 1 N–H and O–H groups in total. The van der Waals surface area contributed by atoms with Crippen molar-refractivity contribution in [2.45, 2.75) is 39.2 Å². The number of aromatic nitrogens is 2. The highest BCUT2D eigenvalue weighted by Crippen LogP contribution is 2.16. The van der Waals surface area contributed by atoms with Crippen molar-refractivity contribution in [1.82, 2.24) is 14.9 Å². The Labute approximate surface area is 108 Å². The molecule has 1 fully saturated rings. The van der Waals surface area contributed by atoms with E-state index in [1.807, 2.05) is 0 Å². The van der Waals surface area contributed by atoms with Crippen LogP contribution in [0.2, 0.25) is 0 Å². The number of likely N-dealkylation sites (tertiary alicyclic amines) is 1. The normalized spacial score (nSPS) is 18.1. The predicted molar refractivity (Wildman–Crippen MR) is 74.6 cm³/mol. The molecule has 0 atom stereocenters. The Morgan fingerprint density at radius 3 is 2.72 bits per heavy atom. The number of imidazole rings is 1. The highest BCUT2D eigenvalue weighted by molar-refractivity contribution is 5.75. The lowest BCUT2D eigenvalue weighted by molar-refractivity contribution is 0.271. The fourth-order valence-electron chi connectivity index (χ4n) is 2.76. The van der Waals surface area contributed by atoms with Gasteiger partial charge in [0.05, 0.1) is 17.6 Å². The fraction of sp³-hybridized carbons (Fsp3) is 0.533. The van der Waals surface area contributed by atoms with E-state index in [2.05, 4.69) is 40.0 Å². The number of H-pyrrole nitrogens is 1. The first kappa shape index (κ1) is 11.7. The van der Waals surface area contributed by atoms with E-state index in [4.69, 9.17) is 0 Å². The van der Waals surface area contributed by atoms with E-state index in [0.717, 1.165) is 17.9 Å². The number of hydrogen-bond donors (Lipinski definition) is 1. The first-order valence-electron chi connectivity index (χ1n) is 6.99. The molecule has 0 bridgehead atoms. The molecule has 1 saturated heterocycles. The van der Waals surface area contributed by atoms with Crippen LogP contribution in [0.15, 0.2) is 18.2 Å². The molecule has 1 aliphatic heterocycles. The molecule has 18 heavy (non-hydrogen) atoms. The van der Waals surface area contributed by atoms with Crippen LogP contribution in [0.25, 0.3) is 11.0 Å². The Morgan fingerprint density at radius 1 is 1.17 bits per heavy atom. The van der Waals surface area contributed by atoms with Gasteiger partial charge in [0.25, 0.3) is 0 Å². The Balaban J connectivity index is 1.77. The van der Waals surface area contributed by atoms with E-state index in [0.29, 0.717) is 0 Å². The average Bonchev–Trinajstić information content (AvgIpc) is 2.57. The van der Waals surface area contributed by atoms with Gasteiger partial charge >= 0.3 is 0 Å². The first-order chi connectivity index (χ1) is 8.81. The summed E-state index contributed by atoms with van der Waals surface area (Å²) in [5.41, 5.74) is 3.54. The third kappa shape index (κ3) is 2.56. The molecule has 1 aromatic heterocycles. The van der Waals surface area contributed by atoms with Gasteiger partial charge in [-0.05, 0) is 50.6 Å². The molecule has 0 radical (unpaired) electrons. The zero-order valence-electron chi connectivity index (χ0n) is 11.1. The van der Waals surface area contributed by atoms with Crippen molar-refractivity contribution < 1.29 is 0 Å². The summed E-state index contributed by atoms with van der Waals surface area (Å²) in [4.78, 5) is 10.7. The van der Waals surface area contributed by atoms with Crippen molar-refractivity contribution in [3.05, 3.63) is 29.6 Å². The second-order valence-corrected chi connectivity index (χ2v) is 5.39. The van der Waals surface area contributed by atoms with Crippen LogP contribution in [0.4, 0.5) is 0 Å². The molecule has 2 aromatic rings. The number of fused-ring (bicyclic) bond motifs is 1. The minimum Gasteiger partial charge on any atom is -0.341 e. The molecule has 2 heterocycles. The van der Waals surface area contributed by atoms with Crippen molar-refractivity contribution in [2.75, 3.05) is 13.1 Å². The molecular weight excluding hydrogens is 222 g/mol. The van der Waals surface area contributed by atoms with Crippen molar-refractivity contribution in [2.24, 2.45) is 0 Å². The van der Waals surface area contributed by atoms with Crippen LogP contribution in [0.5, 0.6) is 0 Å². The highest BCUT2D eigenvalue weighted by Gasteiger charge is 2.11. The smallest absolute Gasteiger partial charge is 0.121 e. The molecular formula is C15H21N3. The van der Waals surface area contributed by atoms with Crippen LogP contribution < -0.4 is 0 Å². The first-order valence-corrected chi connectivity index (χ1v) is 6.99. The lowest BCUT2D eigenvalue weighted by atomic mass is 10.2. The Bertz CT molecular complexity index is 522. The summed E-state index contributed by atoms with van der Waals surface area (Å²) in [7, 11) is 0. The van der Waals surface area contributed by atoms with E-state index >= 15 is 0 Å². The van der Waals surface area contributed by atoms with Crippen molar-refractivity contribution >= 4 is 11.0 Å². The molecule has 0 saturated carbocycles. The maximum Gasteiger partial charge on any atom is 0.121 e. The van der Waals surface area contributed by atoms with Crippen LogP contribution in [-0.2, 0) is 6.54 Å². The van der Waals surface area contributed by atoms with Crippen molar-refractivity contribution in [1.29, 1.82) is 0 Å². The van der Waals surface area contributed by atoms with E-state index in [9.17, 15) is 0 Å². The fourth-order valence-corrected chi connectivity index (χ4v) is 2.76. The molecule has 1 aromatic carbocycles. The Hall–Kier alpha value is -1.35. The lowest BCUT2D eigenvalue weighted by Crippen LogP contribution is -2.24. The highest BCUT2D eigenvalue weighted by atomic mass is 15.1. The topological polar surface area (TPSA) is 31.9 Å². The number of nitrogens with zero attached hydrogens (tertiary/aromatic N) is 2. The van der Waals surface area contributed by atoms with Gasteiger partial charge in [-0.1, -0.05) is 18.9 Å². The second-order valence-electron chi connectivity index (χ2n) is 5.39. The largest absolute Gasteiger partial charge is 0.341 e. The van der Waals surface area contributed by atoms with E-state index < -0.39 is 0 Å². The molecule has 0 unspecified atom stereocenters. The third-order valence-electron chi connectivity index (χ3n) is 3.76. The number of aromatic amines is 1. The minimum absolute atomic E-state index is 0.966. The number of benzene rings is 1. The van der Waals surface area contributed by atoms with Gasteiger partial charge in [-0.15, -0.1) is 0 Å². The predicted octanol–water partition coefficient (Wildman–Crippen LogP) is 3.25. The molecule has 96 valence electrons. The quantitative estimate of drug-likeness (QED) is 0.878. The summed E-state index contributed by atoms with van der Waals surface area (Å²) in [6.07, 6.45) is 5.43. The standard InChI is InChI=1S/C15H21N3/c1-12-6-7-13-14(10-12)17-15(16-13)11-18-8-4-2-3-5-9-18/h6-7,10H,2-5,8-9,11H2,1H3,(H,16,17). The van der Waals surface area contributed by atoms with Crippen LogP contribution in [0, 0.1) is 6.92 Å². The van der Waals surface area contributed by atoms with Gasteiger partial charge in [0.2, 0.25) is 0 Å². The van der Waals surface area contributed by atoms with E-state index in [1.54, 1.807) is 0 Å². The van der Waals surface area contributed by atoms with Crippen LogP contribution in [0.3, 0.4) is 0 Å². The van der Waals surface area contributed by atoms with Gasteiger partial charge in [0, 0.05) is 0 Å². The van der Waals surface area contributed by atoms with Gasteiger partial charge in [0.15, 0.2) is 0 Å². The average molecular weight is 243 g/mol. The summed E-state index contributed by atoms with van der Waals surface area (Å²) in [6, 6.07) is 6.40. The van der Waals surface area contributed by atoms with Gasteiger partial charge < -0.3 is 4.98 Å². The molecule has 0 spiro atoms. The van der Waals surface area contributed by atoms with Gasteiger partial charge in [0.1, 0.15) is 5.82 Å². The molecule has 0 amide bonds. The van der Waals surface area contributed by atoms with Crippen LogP contribution in [-0.4, -0.2) is 28.0 Å². The van der Waals surface area contributed by atoms with Gasteiger partial charge in [-0.2, -0.15) is 0 Å². The molecule has 3 rings (SSSR count). The molecule has 3 heteroatoms. The number of hydrogen-bond acceptors (Lipinski definition) is 2. The van der Waals surface area contributed by atoms with Crippen molar-refractivity contribution in [3.63, 3.8) is 0 Å². The number of aryl methyl sites for hydroxylation is 1. The second kappa shape index (κ2) is 5.11. The maximum atomic E-state index is 4.68. The number of rotatable bonds is 2. The van der Waals surface area contributed by atoms with Gasteiger partial charge in [-0.3, -0.25) is 4.90 Å². The van der Waals surface area contributed by atoms with E-state index in [1.165, 1.54) is 49.9 Å².